The van der Waals surface area contributed by atoms with E-state index in [0.29, 0.717) is 10.2 Å². The fourth-order valence-electron chi connectivity index (χ4n) is 1.42. The van der Waals surface area contributed by atoms with Crippen molar-refractivity contribution in [3.63, 3.8) is 0 Å². The molecule has 5 heteroatoms. The van der Waals surface area contributed by atoms with E-state index in [1.807, 2.05) is 37.3 Å². The van der Waals surface area contributed by atoms with Crippen molar-refractivity contribution < 1.29 is 4.79 Å². The molecule has 1 N–H and O–H groups in total. The van der Waals surface area contributed by atoms with Crippen molar-refractivity contribution in [1.29, 1.82) is 0 Å². The van der Waals surface area contributed by atoms with Crippen LogP contribution in [0.2, 0.25) is 0 Å². The summed E-state index contributed by atoms with van der Waals surface area (Å²) in [5.41, 5.74) is 1.16. The average molecular weight is 294 g/mol. The van der Waals surface area contributed by atoms with Crippen molar-refractivity contribution in [2.24, 2.45) is 0 Å². The van der Waals surface area contributed by atoms with Gasteiger partial charge in [0.15, 0.2) is 5.69 Å². The number of anilines is 1. The molecule has 0 saturated carbocycles. The molecule has 4 nitrogen and oxygen atoms in total. The van der Waals surface area contributed by atoms with Gasteiger partial charge in [0, 0.05) is 18.4 Å². The lowest BCUT2D eigenvalue weighted by molar-refractivity contribution is 0.102. The number of carbonyl (C=O) groups excluding carboxylic acids is 1. The number of hydrogen-bond donors (Lipinski definition) is 1. The first-order valence-corrected chi connectivity index (χ1v) is 6.09. The van der Waals surface area contributed by atoms with Gasteiger partial charge >= 0.3 is 0 Å². The minimum Gasteiger partial charge on any atom is -0.321 e. The molecule has 0 spiro atoms. The van der Waals surface area contributed by atoms with Gasteiger partial charge in [-0.2, -0.15) is 5.10 Å². The predicted octanol–water partition coefficient (Wildman–Crippen LogP) is 2.92. The highest BCUT2D eigenvalue weighted by Gasteiger charge is 2.14. The maximum atomic E-state index is 11.9. The van der Waals surface area contributed by atoms with Crippen LogP contribution in [-0.2, 0) is 6.54 Å². The molecule has 88 valence electrons. The number of aryl methyl sites for hydroxylation is 1. The second-order valence-electron chi connectivity index (χ2n) is 3.50. The van der Waals surface area contributed by atoms with Crippen LogP contribution in [0.25, 0.3) is 0 Å². The quantitative estimate of drug-likeness (QED) is 0.946. The highest BCUT2D eigenvalue weighted by atomic mass is 79.9. The number of para-hydroxylation sites is 1. The molecule has 1 aromatic heterocycles. The number of benzene rings is 1. The van der Waals surface area contributed by atoms with E-state index in [4.69, 9.17) is 0 Å². The predicted molar refractivity (Wildman–Crippen MR) is 70.0 cm³/mol. The maximum Gasteiger partial charge on any atom is 0.277 e. The third-order valence-electron chi connectivity index (χ3n) is 2.29. The van der Waals surface area contributed by atoms with Crippen LogP contribution in [0, 0.1) is 0 Å². The van der Waals surface area contributed by atoms with Crippen LogP contribution in [-0.4, -0.2) is 15.7 Å². The third kappa shape index (κ3) is 2.74. The van der Waals surface area contributed by atoms with Gasteiger partial charge in [0.2, 0.25) is 0 Å². The molecule has 0 aliphatic heterocycles. The van der Waals surface area contributed by atoms with Crippen LogP contribution in [0.1, 0.15) is 17.4 Å². The number of halogens is 1. The number of hydrogen-bond acceptors (Lipinski definition) is 2. The maximum absolute atomic E-state index is 11.9. The molecule has 2 rings (SSSR count). The molecule has 0 aliphatic carbocycles. The number of amides is 1. The number of aromatic nitrogens is 2. The summed E-state index contributed by atoms with van der Waals surface area (Å²) in [5.74, 6) is -0.213. The summed E-state index contributed by atoms with van der Waals surface area (Å²) in [6.45, 7) is 2.70. The number of nitrogens with zero attached hydrogens (tertiary/aromatic N) is 2. The fraction of sp³-hybridized carbons (Fsp3) is 0.167. The van der Waals surface area contributed by atoms with E-state index in [9.17, 15) is 4.79 Å². The molecule has 0 bridgehead atoms. The molecule has 0 atom stereocenters. The highest BCUT2D eigenvalue weighted by molar-refractivity contribution is 9.10. The largest absolute Gasteiger partial charge is 0.321 e. The van der Waals surface area contributed by atoms with Crippen LogP contribution in [0.3, 0.4) is 0 Å². The molecule has 1 aromatic carbocycles. The highest BCUT2D eigenvalue weighted by Crippen LogP contribution is 2.16. The summed E-state index contributed by atoms with van der Waals surface area (Å²) < 4.78 is 2.41. The van der Waals surface area contributed by atoms with Gasteiger partial charge in [-0.1, -0.05) is 18.2 Å². The Labute approximate surface area is 108 Å². The van der Waals surface area contributed by atoms with Crippen molar-refractivity contribution in [2.45, 2.75) is 13.5 Å². The molecule has 17 heavy (non-hydrogen) atoms. The second kappa shape index (κ2) is 5.14. The summed E-state index contributed by atoms with van der Waals surface area (Å²) in [7, 11) is 0. The van der Waals surface area contributed by atoms with Gasteiger partial charge in [0.1, 0.15) is 0 Å². The minimum absolute atomic E-state index is 0.213. The Hall–Kier alpha value is -1.62. The summed E-state index contributed by atoms with van der Waals surface area (Å²) in [4.78, 5) is 11.9. The molecular weight excluding hydrogens is 282 g/mol. The molecule has 0 radical (unpaired) electrons. The van der Waals surface area contributed by atoms with Gasteiger partial charge in [0.05, 0.1) is 4.47 Å². The Balaban J connectivity index is 2.17. The molecule has 0 aliphatic rings. The fourth-order valence-corrected chi connectivity index (χ4v) is 1.92. The van der Waals surface area contributed by atoms with Crippen molar-refractivity contribution in [1.82, 2.24) is 9.78 Å². The molecule has 0 fully saturated rings. The lowest BCUT2D eigenvalue weighted by Crippen LogP contribution is -2.13. The Bertz CT molecular complexity index is 522. The van der Waals surface area contributed by atoms with E-state index in [0.717, 1.165) is 12.2 Å². The molecule has 0 saturated heterocycles. The minimum atomic E-state index is -0.213. The Morgan fingerprint density at radius 2 is 2.12 bits per heavy atom. The van der Waals surface area contributed by atoms with Gasteiger partial charge in [-0.15, -0.1) is 0 Å². The SMILES string of the molecule is CCn1cc(Br)c(C(=O)Nc2ccccc2)n1. The zero-order valence-electron chi connectivity index (χ0n) is 9.35. The monoisotopic (exact) mass is 293 g/mol. The molecular formula is C12H12BrN3O. The lowest BCUT2D eigenvalue weighted by atomic mass is 10.3. The number of nitrogens with one attached hydrogen (secondary N) is 1. The number of carbonyl (C=O) groups is 1. The van der Waals surface area contributed by atoms with Crippen LogP contribution < -0.4 is 5.32 Å². The van der Waals surface area contributed by atoms with Gasteiger partial charge < -0.3 is 5.32 Å². The van der Waals surface area contributed by atoms with E-state index >= 15 is 0 Å². The van der Waals surface area contributed by atoms with E-state index in [2.05, 4.69) is 26.3 Å². The Morgan fingerprint density at radius 3 is 2.71 bits per heavy atom. The van der Waals surface area contributed by atoms with Gasteiger partial charge in [-0.25, -0.2) is 0 Å². The Morgan fingerprint density at radius 1 is 1.41 bits per heavy atom. The summed E-state index contributed by atoms with van der Waals surface area (Å²) in [6.07, 6.45) is 1.79. The van der Waals surface area contributed by atoms with Crippen molar-refractivity contribution >= 4 is 27.5 Å². The van der Waals surface area contributed by atoms with Crippen molar-refractivity contribution in [2.75, 3.05) is 5.32 Å². The molecule has 2 aromatic rings. The van der Waals surface area contributed by atoms with Gasteiger partial charge in [0.25, 0.3) is 5.91 Å². The van der Waals surface area contributed by atoms with Gasteiger partial charge in [-0.05, 0) is 35.0 Å². The topological polar surface area (TPSA) is 46.9 Å². The Kier molecular flexibility index (Phi) is 3.58. The average Bonchev–Trinajstić information content (AvgIpc) is 2.72. The first kappa shape index (κ1) is 11.9. The second-order valence-corrected chi connectivity index (χ2v) is 4.36. The molecule has 0 unspecified atom stereocenters. The summed E-state index contributed by atoms with van der Waals surface area (Å²) in [5, 5.41) is 6.97. The molecule has 1 heterocycles. The van der Waals surface area contributed by atoms with Crippen LogP contribution in [0.5, 0.6) is 0 Å². The smallest absolute Gasteiger partial charge is 0.277 e. The molecule has 1 amide bonds. The summed E-state index contributed by atoms with van der Waals surface area (Å²) >= 11 is 3.33. The van der Waals surface area contributed by atoms with Crippen LogP contribution >= 0.6 is 15.9 Å². The van der Waals surface area contributed by atoms with E-state index in [1.165, 1.54) is 0 Å². The van der Waals surface area contributed by atoms with E-state index in [-0.39, 0.29) is 5.91 Å². The summed E-state index contributed by atoms with van der Waals surface area (Å²) in [6, 6.07) is 9.31. The van der Waals surface area contributed by atoms with E-state index < -0.39 is 0 Å². The van der Waals surface area contributed by atoms with Crippen LogP contribution in [0.15, 0.2) is 41.0 Å². The van der Waals surface area contributed by atoms with E-state index in [1.54, 1.807) is 10.9 Å². The standard InChI is InChI=1S/C12H12BrN3O/c1-2-16-8-10(13)11(15-16)12(17)14-9-6-4-3-5-7-9/h3-8H,2H2,1H3,(H,14,17). The first-order valence-electron chi connectivity index (χ1n) is 5.30. The van der Waals surface area contributed by atoms with Gasteiger partial charge in [-0.3, -0.25) is 9.48 Å². The zero-order chi connectivity index (χ0) is 12.3. The normalized spacial score (nSPS) is 10.2. The third-order valence-corrected chi connectivity index (χ3v) is 2.87. The zero-order valence-corrected chi connectivity index (χ0v) is 10.9. The lowest BCUT2D eigenvalue weighted by Gasteiger charge is -2.02. The van der Waals surface area contributed by atoms with Crippen LogP contribution in [0.4, 0.5) is 5.69 Å². The first-order chi connectivity index (χ1) is 8.20. The number of rotatable bonds is 3. The van der Waals surface area contributed by atoms with Crippen molar-refractivity contribution in [3.05, 3.63) is 46.7 Å². The van der Waals surface area contributed by atoms with Crippen molar-refractivity contribution in [3.8, 4) is 0 Å².